The second-order valence-electron chi connectivity index (χ2n) is 8.03. The molecular formula is C19H41IN6O. The third-order valence-electron chi connectivity index (χ3n) is 5.50. The van der Waals surface area contributed by atoms with Crippen molar-refractivity contribution in [3.63, 3.8) is 0 Å². The van der Waals surface area contributed by atoms with Crippen molar-refractivity contribution in [3.05, 3.63) is 0 Å². The summed E-state index contributed by atoms with van der Waals surface area (Å²) in [6, 6.07) is 1.05. The van der Waals surface area contributed by atoms with Gasteiger partial charge in [0, 0.05) is 64.9 Å². The average Bonchev–Trinajstić information content (AvgIpc) is 2.62. The van der Waals surface area contributed by atoms with Crippen molar-refractivity contribution >= 4 is 29.9 Å². The van der Waals surface area contributed by atoms with E-state index in [1.54, 1.807) is 0 Å². The topological polar surface area (TPSA) is 55.4 Å². The first-order valence-corrected chi connectivity index (χ1v) is 10.2. The number of piperazine rings is 1. The number of ether oxygens (including phenoxy) is 1. The summed E-state index contributed by atoms with van der Waals surface area (Å²) >= 11 is 0. The molecule has 27 heavy (non-hydrogen) atoms. The Kier molecular flexibility index (Phi) is 12.1. The third-order valence-corrected chi connectivity index (χ3v) is 5.50. The first-order valence-electron chi connectivity index (χ1n) is 10.2. The molecule has 1 unspecified atom stereocenters. The Morgan fingerprint density at radius 3 is 2.48 bits per heavy atom. The fourth-order valence-corrected chi connectivity index (χ4v) is 3.64. The normalized spacial score (nSPS) is 24.1. The lowest BCUT2D eigenvalue weighted by atomic mass is 10.1. The molecular weight excluding hydrogens is 455 g/mol. The predicted octanol–water partition coefficient (Wildman–Crippen LogP) is 0.905. The van der Waals surface area contributed by atoms with E-state index < -0.39 is 0 Å². The first-order chi connectivity index (χ1) is 12.5. The SMILES string of the molecule is CN=C(NCC1CN(C)CCN1C)NC1CCN(CCOC(C)C)CC1.I. The fourth-order valence-electron chi connectivity index (χ4n) is 3.64. The van der Waals surface area contributed by atoms with Crippen LogP contribution in [0.1, 0.15) is 26.7 Å². The molecule has 2 aliphatic heterocycles. The van der Waals surface area contributed by atoms with Gasteiger partial charge in [0.2, 0.25) is 0 Å². The molecule has 0 amide bonds. The predicted molar refractivity (Wildman–Crippen MR) is 124 cm³/mol. The van der Waals surface area contributed by atoms with E-state index >= 15 is 0 Å². The van der Waals surface area contributed by atoms with Gasteiger partial charge in [-0.25, -0.2) is 0 Å². The highest BCUT2D eigenvalue weighted by Crippen LogP contribution is 2.10. The van der Waals surface area contributed by atoms with Crippen molar-refractivity contribution < 1.29 is 4.74 Å². The van der Waals surface area contributed by atoms with Crippen LogP contribution in [0.2, 0.25) is 0 Å². The number of nitrogens with zero attached hydrogens (tertiary/aromatic N) is 4. The number of likely N-dealkylation sites (tertiary alicyclic amines) is 1. The van der Waals surface area contributed by atoms with Crippen LogP contribution in [-0.4, -0.2) is 112 Å². The molecule has 160 valence electrons. The Labute approximate surface area is 183 Å². The fraction of sp³-hybridized carbons (Fsp3) is 0.947. The molecule has 8 heteroatoms. The Morgan fingerprint density at radius 1 is 1.15 bits per heavy atom. The minimum Gasteiger partial charge on any atom is -0.377 e. The molecule has 2 fully saturated rings. The summed E-state index contributed by atoms with van der Waals surface area (Å²) in [7, 11) is 6.28. The van der Waals surface area contributed by atoms with Crippen LogP contribution in [0.3, 0.4) is 0 Å². The Hall–Kier alpha value is -0.160. The number of aliphatic imine (C=N–C) groups is 1. The summed E-state index contributed by atoms with van der Waals surface area (Å²) in [5.74, 6) is 0.938. The monoisotopic (exact) mass is 496 g/mol. The summed E-state index contributed by atoms with van der Waals surface area (Å²) in [5, 5.41) is 7.15. The summed E-state index contributed by atoms with van der Waals surface area (Å²) < 4.78 is 5.67. The van der Waals surface area contributed by atoms with Crippen molar-refractivity contribution in [2.24, 2.45) is 4.99 Å². The summed E-state index contributed by atoms with van der Waals surface area (Å²) in [6.45, 7) is 12.7. The van der Waals surface area contributed by atoms with Gasteiger partial charge in [-0.05, 0) is 40.8 Å². The van der Waals surface area contributed by atoms with E-state index in [9.17, 15) is 0 Å². The van der Waals surface area contributed by atoms with Gasteiger partial charge in [0.15, 0.2) is 5.96 Å². The van der Waals surface area contributed by atoms with Crippen molar-refractivity contribution in [2.45, 2.75) is 44.9 Å². The van der Waals surface area contributed by atoms with Gasteiger partial charge in [-0.3, -0.25) is 9.89 Å². The van der Waals surface area contributed by atoms with E-state index in [-0.39, 0.29) is 24.0 Å². The maximum atomic E-state index is 5.67. The highest BCUT2D eigenvalue weighted by atomic mass is 127. The van der Waals surface area contributed by atoms with E-state index in [1.165, 1.54) is 0 Å². The maximum Gasteiger partial charge on any atom is 0.191 e. The lowest BCUT2D eigenvalue weighted by Gasteiger charge is -2.38. The van der Waals surface area contributed by atoms with Crippen LogP contribution < -0.4 is 10.6 Å². The summed E-state index contributed by atoms with van der Waals surface area (Å²) in [4.78, 5) is 11.8. The number of nitrogens with one attached hydrogen (secondary N) is 2. The van der Waals surface area contributed by atoms with Crippen molar-refractivity contribution in [1.82, 2.24) is 25.3 Å². The van der Waals surface area contributed by atoms with Crippen LogP contribution in [0.5, 0.6) is 0 Å². The molecule has 0 aromatic carbocycles. The number of likely N-dealkylation sites (N-methyl/N-ethyl adjacent to an activating group) is 2. The second-order valence-corrected chi connectivity index (χ2v) is 8.03. The third kappa shape index (κ3) is 9.25. The lowest BCUT2D eigenvalue weighted by molar-refractivity contribution is 0.0532. The van der Waals surface area contributed by atoms with Gasteiger partial charge < -0.3 is 25.2 Å². The molecule has 0 aliphatic carbocycles. The molecule has 0 spiro atoms. The average molecular weight is 496 g/mol. The Bertz CT molecular complexity index is 428. The highest BCUT2D eigenvalue weighted by molar-refractivity contribution is 14.0. The number of hydrogen-bond donors (Lipinski definition) is 2. The quantitative estimate of drug-likeness (QED) is 0.311. The zero-order chi connectivity index (χ0) is 18.9. The van der Waals surface area contributed by atoms with Crippen LogP contribution in [0, 0.1) is 0 Å². The molecule has 0 bridgehead atoms. The van der Waals surface area contributed by atoms with E-state index in [0.717, 1.165) is 71.2 Å². The first kappa shape index (κ1) is 24.9. The van der Waals surface area contributed by atoms with E-state index in [4.69, 9.17) is 4.74 Å². The van der Waals surface area contributed by atoms with Crippen molar-refractivity contribution in [3.8, 4) is 0 Å². The highest BCUT2D eigenvalue weighted by Gasteiger charge is 2.23. The number of hydrogen-bond acceptors (Lipinski definition) is 5. The van der Waals surface area contributed by atoms with Crippen molar-refractivity contribution in [1.29, 1.82) is 0 Å². The summed E-state index contributed by atoms with van der Waals surface area (Å²) in [6.07, 6.45) is 2.65. The van der Waals surface area contributed by atoms with Gasteiger partial charge in [-0.1, -0.05) is 0 Å². The van der Waals surface area contributed by atoms with Gasteiger partial charge in [-0.2, -0.15) is 0 Å². The van der Waals surface area contributed by atoms with Crippen LogP contribution in [0.15, 0.2) is 4.99 Å². The zero-order valence-corrected chi connectivity index (χ0v) is 20.2. The number of halogens is 1. The van der Waals surface area contributed by atoms with Crippen LogP contribution in [0.4, 0.5) is 0 Å². The Balaban J connectivity index is 0.00000364. The van der Waals surface area contributed by atoms with E-state index in [0.29, 0.717) is 18.2 Å². The molecule has 2 aliphatic rings. The van der Waals surface area contributed by atoms with Crippen molar-refractivity contribution in [2.75, 3.05) is 73.6 Å². The van der Waals surface area contributed by atoms with Crippen LogP contribution >= 0.6 is 24.0 Å². The number of piperidine rings is 1. The molecule has 0 saturated carbocycles. The molecule has 0 aromatic rings. The van der Waals surface area contributed by atoms with E-state index in [2.05, 4.69) is 58.3 Å². The van der Waals surface area contributed by atoms with Crippen LogP contribution in [0.25, 0.3) is 0 Å². The standard InChI is InChI=1S/C19H40N6O.HI/c1-16(2)26-13-12-25-8-6-17(7-9-25)22-19(20-3)21-14-18-15-23(4)10-11-24(18)5;/h16-18H,6-15H2,1-5H3,(H2,20,21,22);1H. The van der Waals surface area contributed by atoms with Gasteiger partial charge in [0.05, 0.1) is 12.7 Å². The van der Waals surface area contributed by atoms with Gasteiger partial charge in [0.25, 0.3) is 0 Å². The largest absolute Gasteiger partial charge is 0.377 e. The molecule has 0 radical (unpaired) electrons. The minimum absolute atomic E-state index is 0. The smallest absolute Gasteiger partial charge is 0.191 e. The minimum atomic E-state index is 0. The number of guanidine groups is 1. The van der Waals surface area contributed by atoms with E-state index in [1.807, 2.05) is 7.05 Å². The van der Waals surface area contributed by atoms with Gasteiger partial charge >= 0.3 is 0 Å². The molecule has 2 rings (SSSR count). The van der Waals surface area contributed by atoms with Crippen LogP contribution in [-0.2, 0) is 4.74 Å². The molecule has 7 nitrogen and oxygen atoms in total. The molecule has 2 N–H and O–H groups in total. The summed E-state index contributed by atoms with van der Waals surface area (Å²) in [5.41, 5.74) is 0. The second kappa shape index (κ2) is 13.1. The maximum absolute atomic E-state index is 5.67. The molecule has 1 atom stereocenters. The molecule has 2 saturated heterocycles. The molecule has 2 heterocycles. The van der Waals surface area contributed by atoms with Gasteiger partial charge in [0.1, 0.15) is 0 Å². The van der Waals surface area contributed by atoms with Gasteiger partial charge in [-0.15, -0.1) is 24.0 Å². The number of rotatable bonds is 7. The zero-order valence-electron chi connectivity index (χ0n) is 17.9. The molecule has 0 aromatic heterocycles. The Morgan fingerprint density at radius 2 is 1.85 bits per heavy atom. The lowest BCUT2D eigenvalue weighted by Crippen LogP contribution is -2.56.